The fourth-order valence-electron chi connectivity index (χ4n) is 3.87. The molecule has 4 rings (SSSR count). The number of carboxylic acids is 1. The molecule has 0 bridgehead atoms. The van der Waals surface area contributed by atoms with Gasteiger partial charge in [0, 0.05) is 36.8 Å². The van der Waals surface area contributed by atoms with E-state index in [0.29, 0.717) is 43.0 Å². The molecule has 0 radical (unpaired) electrons. The average Bonchev–Trinajstić information content (AvgIpc) is 3.09. The molecule has 4 heterocycles. The van der Waals surface area contributed by atoms with Gasteiger partial charge in [0.05, 0.1) is 17.8 Å². The quantitative estimate of drug-likeness (QED) is 0.877. The number of pyridine rings is 1. The molecule has 26 heavy (non-hydrogen) atoms. The molecule has 1 spiro atoms. The smallest absolute Gasteiger partial charge is 0.345 e. The SMILES string of the molecule is Cc1ccncc1C(=O)N1CCC2(CC1)OCCc1sc(C(=O)O)cc12. The normalized spacial score (nSPS) is 18.6. The lowest BCUT2D eigenvalue weighted by Crippen LogP contribution is -2.48. The molecule has 1 fully saturated rings. The molecule has 0 aromatic carbocycles. The lowest BCUT2D eigenvalue weighted by molar-refractivity contribution is -0.0926. The number of aromatic carboxylic acids is 1. The minimum atomic E-state index is -0.890. The number of hydrogen-bond donors (Lipinski definition) is 1. The molecule has 0 aliphatic carbocycles. The van der Waals surface area contributed by atoms with E-state index in [-0.39, 0.29) is 5.91 Å². The zero-order chi connectivity index (χ0) is 18.3. The van der Waals surface area contributed by atoms with Gasteiger partial charge in [0.15, 0.2) is 0 Å². The number of ether oxygens (including phenoxy) is 1. The van der Waals surface area contributed by atoms with Gasteiger partial charge >= 0.3 is 5.97 Å². The number of amides is 1. The van der Waals surface area contributed by atoms with Crippen molar-refractivity contribution in [3.05, 3.63) is 51.0 Å². The number of fused-ring (bicyclic) bond motifs is 2. The largest absolute Gasteiger partial charge is 0.477 e. The summed E-state index contributed by atoms with van der Waals surface area (Å²) >= 11 is 1.35. The van der Waals surface area contributed by atoms with Crippen LogP contribution in [0.15, 0.2) is 24.5 Å². The van der Waals surface area contributed by atoms with Gasteiger partial charge in [-0.3, -0.25) is 9.78 Å². The van der Waals surface area contributed by atoms with Crippen LogP contribution in [0.25, 0.3) is 0 Å². The molecular weight excluding hydrogens is 352 g/mol. The highest BCUT2D eigenvalue weighted by molar-refractivity contribution is 7.14. The van der Waals surface area contributed by atoms with Gasteiger partial charge in [-0.05, 0) is 43.0 Å². The maximum atomic E-state index is 12.8. The third-order valence-corrected chi connectivity index (χ3v) is 6.53. The Hall–Kier alpha value is -2.25. The van der Waals surface area contributed by atoms with Crippen LogP contribution in [-0.4, -0.2) is 46.6 Å². The Morgan fingerprint density at radius 2 is 2.12 bits per heavy atom. The van der Waals surface area contributed by atoms with E-state index in [1.54, 1.807) is 18.5 Å². The van der Waals surface area contributed by atoms with E-state index >= 15 is 0 Å². The van der Waals surface area contributed by atoms with Crippen molar-refractivity contribution in [1.82, 2.24) is 9.88 Å². The van der Waals surface area contributed by atoms with Crippen LogP contribution in [0, 0.1) is 6.92 Å². The summed E-state index contributed by atoms with van der Waals surface area (Å²) in [6.07, 6.45) is 5.43. The van der Waals surface area contributed by atoms with Gasteiger partial charge in [-0.1, -0.05) is 0 Å². The van der Waals surface area contributed by atoms with Crippen LogP contribution in [0.4, 0.5) is 0 Å². The predicted octanol–water partition coefficient (Wildman–Crippen LogP) is 2.85. The van der Waals surface area contributed by atoms with Gasteiger partial charge in [-0.25, -0.2) is 4.79 Å². The Balaban J connectivity index is 1.55. The third-order valence-electron chi connectivity index (χ3n) is 5.35. The monoisotopic (exact) mass is 372 g/mol. The first kappa shape index (κ1) is 17.2. The molecule has 6 nitrogen and oxygen atoms in total. The lowest BCUT2D eigenvalue weighted by atomic mass is 9.82. The standard InChI is InChI=1S/C19H20N2O4S/c1-12-2-6-20-11-13(12)17(22)21-7-4-19(5-8-21)14-10-16(18(23)24)26-15(14)3-9-25-19/h2,6,10-11H,3-5,7-9H2,1H3,(H,23,24). The molecule has 0 saturated carbocycles. The third kappa shape index (κ3) is 2.81. The van der Waals surface area contributed by atoms with Crippen molar-refractivity contribution in [2.45, 2.75) is 31.8 Å². The van der Waals surface area contributed by atoms with Crippen LogP contribution < -0.4 is 0 Å². The van der Waals surface area contributed by atoms with Crippen LogP contribution in [0.2, 0.25) is 0 Å². The molecule has 1 saturated heterocycles. The molecule has 1 N–H and O–H groups in total. The molecule has 0 unspecified atom stereocenters. The number of carbonyl (C=O) groups excluding carboxylic acids is 1. The first-order valence-corrected chi connectivity index (χ1v) is 9.52. The van der Waals surface area contributed by atoms with E-state index < -0.39 is 11.6 Å². The fraction of sp³-hybridized carbons (Fsp3) is 0.421. The molecule has 136 valence electrons. The van der Waals surface area contributed by atoms with Gasteiger partial charge in [0.1, 0.15) is 4.88 Å². The number of rotatable bonds is 2. The minimum Gasteiger partial charge on any atom is -0.477 e. The predicted molar refractivity (Wildman–Crippen MR) is 96.7 cm³/mol. The molecule has 2 aromatic heterocycles. The summed E-state index contributed by atoms with van der Waals surface area (Å²) in [5.41, 5.74) is 2.11. The molecule has 2 aromatic rings. The summed E-state index contributed by atoms with van der Waals surface area (Å²) in [4.78, 5) is 31.5. The number of carbonyl (C=O) groups is 2. The topological polar surface area (TPSA) is 79.7 Å². The zero-order valence-electron chi connectivity index (χ0n) is 14.5. The zero-order valence-corrected chi connectivity index (χ0v) is 15.3. The number of carboxylic acid groups (broad SMARTS) is 1. The van der Waals surface area contributed by atoms with Gasteiger partial charge < -0.3 is 14.7 Å². The Labute approximate surface area is 155 Å². The Morgan fingerprint density at radius 1 is 1.35 bits per heavy atom. The van der Waals surface area contributed by atoms with E-state index in [0.717, 1.165) is 22.4 Å². The highest BCUT2D eigenvalue weighted by atomic mass is 32.1. The van der Waals surface area contributed by atoms with Crippen molar-refractivity contribution in [2.24, 2.45) is 0 Å². The Kier molecular flexibility index (Phi) is 4.28. The van der Waals surface area contributed by atoms with Crippen LogP contribution >= 0.6 is 11.3 Å². The van der Waals surface area contributed by atoms with Crippen LogP contribution in [-0.2, 0) is 16.8 Å². The molecule has 2 aliphatic rings. The summed E-state index contributed by atoms with van der Waals surface area (Å²) in [6.45, 7) is 3.69. The maximum absolute atomic E-state index is 12.8. The molecule has 7 heteroatoms. The number of nitrogens with zero attached hydrogens (tertiary/aromatic N) is 2. The Morgan fingerprint density at radius 3 is 2.81 bits per heavy atom. The summed E-state index contributed by atoms with van der Waals surface area (Å²) in [5, 5.41) is 9.30. The summed E-state index contributed by atoms with van der Waals surface area (Å²) < 4.78 is 6.15. The second kappa shape index (κ2) is 6.48. The summed E-state index contributed by atoms with van der Waals surface area (Å²) in [6, 6.07) is 3.61. The average molecular weight is 372 g/mol. The summed E-state index contributed by atoms with van der Waals surface area (Å²) in [5.74, 6) is -0.891. The van der Waals surface area contributed by atoms with Gasteiger partial charge in [-0.15, -0.1) is 11.3 Å². The van der Waals surface area contributed by atoms with Crippen LogP contribution in [0.3, 0.4) is 0 Å². The first-order valence-electron chi connectivity index (χ1n) is 8.70. The number of thiophene rings is 1. The second-order valence-electron chi connectivity index (χ2n) is 6.83. The van der Waals surface area contributed by atoms with Crippen molar-refractivity contribution >= 4 is 23.2 Å². The number of aryl methyl sites for hydroxylation is 1. The summed E-state index contributed by atoms with van der Waals surface area (Å²) in [7, 11) is 0. The van der Waals surface area contributed by atoms with Crippen molar-refractivity contribution < 1.29 is 19.4 Å². The number of piperidine rings is 1. The van der Waals surface area contributed by atoms with Crippen molar-refractivity contribution in [3.8, 4) is 0 Å². The van der Waals surface area contributed by atoms with Gasteiger partial charge in [-0.2, -0.15) is 0 Å². The first-order chi connectivity index (χ1) is 12.5. The second-order valence-corrected chi connectivity index (χ2v) is 7.96. The van der Waals surface area contributed by atoms with Gasteiger partial charge in [0.2, 0.25) is 0 Å². The molecule has 0 atom stereocenters. The minimum absolute atomic E-state index is 0.00183. The Bertz CT molecular complexity index is 868. The van der Waals surface area contributed by atoms with E-state index in [9.17, 15) is 14.7 Å². The van der Waals surface area contributed by atoms with Crippen LogP contribution in [0.1, 0.15) is 48.9 Å². The van der Waals surface area contributed by atoms with E-state index in [4.69, 9.17) is 4.74 Å². The highest BCUT2D eigenvalue weighted by Crippen LogP contribution is 2.44. The number of hydrogen-bond acceptors (Lipinski definition) is 5. The highest BCUT2D eigenvalue weighted by Gasteiger charge is 2.43. The van der Waals surface area contributed by atoms with E-state index in [1.807, 2.05) is 17.9 Å². The van der Waals surface area contributed by atoms with E-state index in [2.05, 4.69) is 4.98 Å². The van der Waals surface area contributed by atoms with Crippen molar-refractivity contribution in [2.75, 3.05) is 19.7 Å². The number of likely N-dealkylation sites (tertiary alicyclic amines) is 1. The molecule has 2 aliphatic heterocycles. The molecular formula is C19H20N2O4S. The molecule has 1 amide bonds. The lowest BCUT2D eigenvalue weighted by Gasteiger charge is -2.44. The van der Waals surface area contributed by atoms with Gasteiger partial charge in [0.25, 0.3) is 5.91 Å². The van der Waals surface area contributed by atoms with Crippen LogP contribution in [0.5, 0.6) is 0 Å². The maximum Gasteiger partial charge on any atom is 0.345 e. The number of aromatic nitrogens is 1. The van der Waals surface area contributed by atoms with Crippen molar-refractivity contribution in [1.29, 1.82) is 0 Å². The fourth-order valence-corrected chi connectivity index (χ4v) is 4.94. The van der Waals surface area contributed by atoms with E-state index in [1.165, 1.54) is 11.3 Å². The van der Waals surface area contributed by atoms with Crippen molar-refractivity contribution in [3.63, 3.8) is 0 Å².